The van der Waals surface area contributed by atoms with Crippen molar-refractivity contribution in [1.29, 1.82) is 0 Å². The van der Waals surface area contributed by atoms with Gasteiger partial charge in [-0.25, -0.2) is 4.79 Å². The summed E-state index contributed by atoms with van der Waals surface area (Å²) < 4.78 is 5.52. The van der Waals surface area contributed by atoms with Gasteiger partial charge in [-0.1, -0.05) is 47.5 Å². The highest BCUT2D eigenvalue weighted by Crippen LogP contribution is 2.10. The Morgan fingerprint density at radius 3 is 2.12 bits per heavy atom. The van der Waals surface area contributed by atoms with Crippen LogP contribution in [0.25, 0.3) is 0 Å². The summed E-state index contributed by atoms with van der Waals surface area (Å²) in [6, 6.07) is 15.2. The molecule has 0 spiro atoms. The van der Waals surface area contributed by atoms with Crippen LogP contribution in [0.1, 0.15) is 16.7 Å². The molecule has 6 nitrogen and oxygen atoms in total. The van der Waals surface area contributed by atoms with E-state index < -0.39 is 0 Å². The van der Waals surface area contributed by atoms with Crippen LogP contribution < -0.4 is 20.7 Å². The van der Waals surface area contributed by atoms with Crippen LogP contribution in [0.3, 0.4) is 0 Å². The number of ether oxygens (including phenoxy) is 1. The van der Waals surface area contributed by atoms with Gasteiger partial charge in [0.2, 0.25) is 5.91 Å². The molecule has 0 aliphatic rings. The molecule has 0 aliphatic heterocycles. The van der Waals surface area contributed by atoms with Crippen LogP contribution in [0.15, 0.2) is 48.5 Å². The maximum atomic E-state index is 11.7. The molecule has 2 rings (SSSR count). The molecule has 0 radical (unpaired) electrons. The van der Waals surface area contributed by atoms with Gasteiger partial charge in [0.25, 0.3) is 0 Å². The topological polar surface area (TPSA) is 79.5 Å². The van der Waals surface area contributed by atoms with Gasteiger partial charge in [-0.15, -0.1) is 0 Å². The molecule has 6 heteroatoms. The zero-order valence-corrected chi connectivity index (χ0v) is 15.2. The lowest BCUT2D eigenvalue weighted by molar-refractivity contribution is -0.120. The van der Waals surface area contributed by atoms with E-state index in [1.54, 1.807) is 0 Å². The number of hydrogen-bond donors (Lipinski definition) is 3. The van der Waals surface area contributed by atoms with Crippen LogP contribution >= 0.6 is 0 Å². The van der Waals surface area contributed by atoms with Crippen molar-refractivity contribution in [1.82, 2.24) is 16.0 Å². The fourth-order valence-electron chi connectivity index (χ4n) is 2.17. The molecule has 0 unspecified atom stereocenters. The third-order valence-corrected chi connectivity index (χ3v) is 3.70. The summed E-state index contributed by atoms with van der Waals surface area (Å²) in [7, 11) is 0. The quantitative estimate of drug-likeness (QED) is 0.636. The van der Waals surface area contributed by atoms with E-state index in [-0.39, 0.29) is 18.5 Å². The average molecular weight is 355 g/mol. The van der Waals surface area contributed by atoms with Gasteiger partial charge >= 0.3 is 6.03 Å². The lowest BCUT2D eigenvalue weighted by Crippen LogP contribution is -2.42. The summed E-state index contributed by atoms with van der Waals surface area (Å²) in [6.07, 6.45) is 0. The number of carbonyl (C=O) groups is 2. The molecule has 0 aliphatic carbocycles. The van der Waals surface area contributed by atoms with Crippen LogP contribution in [0.2, 0.25) is 0 Å². The minimum Gasteiger partial charge on any atom is -0.492 e. The van der Waals surface area contributed by atoms with E-state index in [1.165, 1.54) is 5.56 Å². The van der Waals surface area contributed by atoms with Crippen molar-refractivity contribution in [3.63, 3.8) is 0 Å². The molecule has 3 N–H and O–H groups in total. The van der Waals surface area contributed by atoms with Crippen molar-refractivity contribution < 1.29 is 14.3 Å². The van der Waals surface area contributed by atoms with E-state index >= 15 is 0 Å². The van der Waals surface area contributed by atoms with E-state index in [1.807, 2.05) is 62.4 Å². The van der Waals surface area contributed by atoms with Crippen LogP contribution in [-0.2, 0) is 11.3 Å². The molecular formula is C20H25N3O3. The molecule has 0 fully saturated rings. The number of rotatable bonds is 8. The van der Waals surface area contributed by atoms with Gasteiger partial charge in [-0.05, 0) is 31.5 Å². The maximum absolute atomic E-state index is 11.7. The highest BCUT2D eigenvalue weighted by molar-refractivity contribution is 5.83. The fourth-order valence-corrected chi connectivity index (χ4v) is 2.17. The summed E-state index contributed by atoms with van der Waals surface area (Å²) in [4.78, 5) is 23.4. The van der Waals surface area contributed by atoms with E-state index in [2.05, 4.69) is 16.0 Å². The van der Waals surface area contributed by atoms with Gasteiger partial charge in [0, 0.05) is 6.54 Å². The van der Waals surface area contributed by atoms with Crippen molar-refractivity contribution in [2.24, 2.45) is 0 Å². The first-order valence-electron chi connectivity index (χ1n) is 8.56. The lowest BCUT2D eigenvalue weighted by atomic mass is 10.1. The molecule has 3 amide bonds. The van der Waals surface area contributed by atoms with Crippen LogP contribution in [0, 0.1) is 13.8 Å². The number of hydrogen-bond acceptors (Lipinski definition) is 3. The first-order chi connectivity index (χ1) is 12.5. The number of aryl methyl sites for hydroxylation is 2. The Kier molecular flexibility index (Phi) is 7.49. The second kappa shape index (κ2) is 10.1. The zero-order chi connectivity index (χ0) is 18.8. The molecule has 2 aromatic rings. The third-order valence-electron chi connectivity index (χ3n) is 3.70. The molecule has 0 heterocycles. The minimum atomic E-state index is -0.378. The van der Waals surface area contributed by atoms with Gasteiger partial charge in [0.1, 0.15) is 12.4 Å². The second-order valence-corrected chi connectivity index (χ2v) is 6.03. The van der Waals surface area contributed by atoms with E-state index in [0.717, 1.165) is 16.9 Å². The Morgan fingerprint density at radius 1 is 0.846 bits per heavy atom. The van der Waals surface area contributed by atoms with Crippen LogP contribution in [-0.4, -0.2) is 31.6 Å². The number of amides is 3. The minimum absolute atomic E-state index is 0.0791. The smallest absolute Gasteiger partial charge is 0.315 e. The summed E-state index contributed by atoms with van der Waals surface area (Å²) in [5.41, 5.74) is 3.34. The van der Waals surface area contributed by atoms with Crippen molar-refractivity contribution in [2.75, 3.05) is 19.7 Å². The predicted octanol–water partition coefficient (Wildman–Crippen LogP) is 2.30. The number of carbonyl (C=O) groups excluding carboxylic acids is 2. The monoisotopic (exact) mass is 355 g/mol. The second-order valence-electron chi connectivity index (χ2n) is 6.03. The predicted molar refractivity (Wildman–Crippen MR) is 101 cm³/mol. The largest absolute Gasteiger partial charge is 0.492 e. The molecule has 26 heavy (non-hydrogen) atoms. The maximum Gasteiger partial charge on any atom is 0.315 e. The Balaban J connectivity index is 1.55. The third kappa shape index (κ3) is 7.25. The van der Waals surface area contributed by atoms with Gasteiger partial charge in [-0.3, -0.25) is 4.79 Å². The Bertz CT molecular complexity index is 712. The molecule has 0 bridgehead atoms. The SMILES string of the molecule is Cc1ccc(CNC(=O)NCC(=O)NCCOc2ccc(C)cc2)cc1. The summed E-state index contributed by atoms with van der Waals surface area (Å²) >= 11 is 0. The van der Waals surface area contributed by atoms with E-state index in [9.17, 15) is 9.59 Å². The van der Waals surface area contributed by atoms with E-state index in [0.29, 0.717) is 19.7 Å². The number of urea groups is 1. The van der Waals surface area contributed by atoms with Gasteiger partial charge < -0.3 is 20.7 Å². The lowest BCUT2D eigenvalue weighted by Gasteiger charge is -2.10. The standard InChI is InChI=1S/C20H25N3O3/c1-15-3-7-17(8-4-15)13-22-20(25)23-14-19(24)21-11-12-26-18-9-5-16(2)6-10-18/h3-10H,11-14H2,1-2H3,(H,21,24)(H2,22,23,25). The van der Waals surface area contributed by atoms with Gasteiger partial charge in [0.05, 0.1) is 13.1 Å². The first kappa shape index (κ1) is 19.3. The molecule has 138 valence electrons. The Hall–Kier alpha value is -3.02. The Labute approximate surface area is 153 Å². The summed E-state index contributed by atoms with van der Waals surface area (Å²) in [6.45, 7) is 5.10. The number of benzene rings is 2. The molecule has 0 aromatic heterocycles. The summed E-state index contributed by atoms with van der Waals surface area (Å²) in [5.74, 6) is 0.501. The molecule has 0 saturated heterocycles. The van der Waals surface area contributed by atoms with Crippen LogP contribution in [0.5, 0.6) is 5.75 Å². The van der Waals surface area contributed by atoms with Crippen molar-refractivity contribution in [3.05, 3.63) is 65.2 Å². The highest BCUT2D eigenvalue weighted by atomic mass is 16.5. The molecular weight excluding hydrogens is 330 g/mol. The van der Waals surface area contributed by atoms with Crippen molar-refractivity contribution in [3.8, 4) is 5.75 Å². The highest BCUT2D eigenvalue weighted by Gasteiger charge is 2.05. The molecule has 2 aromatic carbocycles. The molecule has 0 atom stereocenters. The zero-order valence-electron chi connectivity index (χ0n) is 15.2. The molecule has 0 saturated carbocycles. The average Bonchev–Trinajstić information content (AvgIpc) is 2.64. The van der Waals surface area contributed by atoms with E-state index in [4.69, 9.17) is 4.74 Å². The normalized spacial score (nSPS) is 10.1. The first-order valence-corrected chi connectivity index (χ1v) is 8.56. The van der Waals surface area contributed by atoms with Gasteiger partial charge in [-0.2, -0.15) is 0 Å². The Morgan fingerprint density at radius 2 is 1.46 bits per heavy atom. The van der Waals surface area contributed by atoms with Gasteiger partial charge in [0.15, 0.2) is 0 Å². The van der Waals surface area contributed by atoms with Crippen molar-refractivity contribution in [2.45, 2.75) is 20.4 Å². The fraction of sp³-hybridized carbons (Fsp3) is 0.300. The number of nitrogens with one attached hydrogen (secondary N) is 3. The van der Waals surface area contributed by atoms with Crippen LogP contribution in [0.4, 0.5) is 4.79 Å². The van der Waals surface area contributed by atoms with Crippen molar-refractivity contribution >= 4 is 11.9 Å². The summed E-state index contributed by atoms with van der Waals surface area (Å²) in [5, 5.41) is 7.93.